The molecular formula is C24H25N3O3S. The minimum absolute atomic E-state index is 0.0643. The van der Waals surface area contributed by atoms with E-state index in [4.69, 9.17) is 14.5 Å². The van der Waals surface area contributed by atoms with Crippen LogP contribution in [0.15, 0.2) is 52.8 Å². The van der Waals surface area contributed by atoms with Gasteiger partial charge in [0.25, 0.3) is 5.91 Å². The van der Waals surface area contributed by atoms with Crippen LogP contribution in [0.2, 0.25) is 0 Å². The fraction of sp³-hybridized carbons (Fsp3) is 0.333. The molecule has 0 atom stereocenters. The minimum atomic E-state index is -0.123. The Balaban J connectivity index is 1.64. The molecule has 1 amide bonds. The molecule has 2 heterocycles. The number of hydrogen-bond acceptors (Lipinski definition) is 5. The zero-order valence-electron chi connectivity index (χ0n) is 17.5. The van der Waals surface area contributed by atoms with E-state index in [1.165, 1.54) is 19.3 Å². The molecule has 7 heteroatoms. The molecule has 1 aliphatic carbocycles. The number of hydrogen-bond donors (Lipinski definition) is 1. The van der Waals surface area contributed by atoms with Gasteiger partial charge in [-0.25, -0.2) is 4.99 Å². The maximum atomic E-state index is 11.8. The summed E-state index contributed by atoms with van der Waals surface area (Å²) >= 11 is 1.64. The first-order valence-corrected chi connectivity index (χ1v) is 11.6. The Morgan fingerprint density at radius 2 is 2.00 bits per heavy atom. The van der Waals surface area contributed by atoms with Crippen LogP contribution in [0.4, 0.5) is 11.4 Å². The molecule has 0 radical (unpaired) electrons. The van der Waals surface area contributed by atoms with Crippen molar-refractivity contribution in [3.63, 3.8) is 0 Å². The number of benzene rings is 2. The number of carbonyl (C=O) groups excluding carboxylic acids is 1. The first-order chi connectivity index (χ1) is 15.2. The topological polar surface area (TPSA) is 64.8 Å². The second-order valence-electron chi connectivity index (χ2n) is 7.90. The van der Waals surface area contributed by atoms with E-state index < -0.39 is 0 Å². The highest BCUT2D eigenvalue weighted by Crippen LogP contribution is 2.36. The van der Waals surface area contributed by atoms with Crippen molar-refractivity contribution in [1.29, 1.82) is 0 Å². The van der Waals surface area contributed by atoms with Crippen molar-refractivity contribution in [2.75, 3.05) is 19.0 Å². The molecule has 1 aliphatic heterocycles. The van der Waals surface area contributed by atoms with E-state index >= 15 is 0 Å². The molecule has 0 unspecified atom stereocenters. The van der Waals surface area contributed by atoms with Gasteiger partial charge in [0.15, 0.2) is 11.4 Å². The fourth-order valence-electron chi connectivity index (χ4n) is 4.37. The highest BCUT2D eigenvalue weighted by Gasteiger charge is 2.22. The van der Waals surface area contributed by atoms with Crippen molar-refractivity contribution in [3.05, 3.63) is 52.6 Å². The molecule has 1 saturated carbocycles. The highest BCUT2D eigenvalue weighted by molar-refractivity contribution is 7.07. The summed E-state index contributed by atoms with van der Waals surface area (Å²) in [5, 5.41) is 5.08. The SMILES string of the molecule is COc1ccccc1N=c1scc(-c2ccc3c(c2)NC(=O)CO3)n1C1CCCCC1. The largest absolute Gasteiger partial charge is 0.494 e. The number of ether oxygens (including phenoxy) is 2. The molecule has 2 aliphatic rings. The van der Waals surface area contributed by atoms with Gasteiger partial charge in [-0.2, -0.15) is 0 Å². The molecule has 1 aromatic heterocycles. The summed E-state index contributed by atoms with van der Waals surface area (Å²) in [6.07, 6.45) is 6.04. The first-order valence-electron chi connectivity index (χ1n) is 10.7. The number of fused-ring (bicyclic) bond motifs is 1. The number of para-hydroxylation sites is 2. The number of carbonyl (C=O) groups is 1. The van der Waals surface area contributed by atoms with E-state index in [2.05, 4.69) is 21.3 Å². The van der Waals surface area contributed by atoms with Crippen LogP contribution < -0.4 is 19.6 Å². The van der Waals surface area contributed by atoms with Crippen molar-refractivity contribution in [2.24, 2.45) is 4.99 Å². The zero-order valence-corrected chi connectivity index (χ0v) is 18.3. The average molecular weight is 436 g/mol. The standard InChI is InChI=1S/C24H25N3O3S/c1-29-21-10-6-5-9-18(21)26-24-27(17-7-3-2-4-8-17)20(15-31-24)16-11-12-22-19(13-16)25-23(28)14-30-22/h5-6,9-13,15,17H,2-4,7-8,14H2,1H3,(H,25,28). The number of aromatic nitrogens is 1. The summed E-state index contributed by atoms with van der Waals surface area (Å²) in [6, 6.07) is 14.3. The normalized spacial score (nSPS) is 17.1. The molecular weight excluding hydrogens is 410 g/mol. The lowest BCUT2D eigenvalue weighted by atomic mass is 9.95. The summed E-state index contributed by atoms with van der Waals surface area (Å²) in [5.41, 5.74) is 3.72. The van der Waals surface area contributed by atoms with Crippen molar-refractivity contribution in [1.82, 2.24) is 4.57 Å². The zero-order chi connectivity index (χ0) is 21.2. The summed E-state index contributed by atoms with van der Waals surface area (Å²) in [7, 11) is 1.67. The van der Waals surface area contributed by atoms with E-state index in [0.29, 0.717) is 11.8 Å². The van der Waals surface area contributed by atoms with Crippen molar-refractivity contribution >= 4 is 28.6 Å². The third-order valence-corrected chi connectivity index (χ3v) is 6.73. The third-order valence-electron chi connectivity index (χ3n) is 5.89. The Bertz CT molecular complexity index is 1170. The summed E-state index contributed by atoms with van der Waals surface area (Å²) in [5.74, 6) is 1.35. The number of thiazole rings is 1. The third kappa shape index (κ3) is 3.97. The smallest absolute Gasteiger partial charge is 0.262 e. The molecule has 3 aromatic rings. The quantitative estimate of drug-likeness (QED) is 0.605. The molecule has 6 nitrogen and oxygen atoms in total. The second-order valence-corrected chi connectivity index (χ2v) is 8.73. The van der Waals surface area contributed by atoms with Crippen molar-refractivity contribution in [3.8, 4) is 22.8 Å². The van der Waals surface area contributed by atoms with Gasteiger partial charge in [0.2, 0.25) is 0 Å². The van der Waals surface area contributed by atoms with Crippen LogP contribution in [0.25, 0.3) is 11.3 Å². The van der Waals surface area contributed by atoms with Crippen LogP contribution in [-0.4, -0.2) is 24.2 Å². The minimum Gasteiger partial charge on any atom is -0.494 e. The Labute approximate surface area is 185 Å². The van der Waals surface area contributed by atoms with Crippen LogP contribution in [0, 0.1) is 0 Å². The van der Waals surface area contributed by atoms with Crippen LogP contribution in [0.5, 0.6) is 11.5 Å². The molecule has 1 N–H and O–H groups in total. The Kier molecular flexibility index (Phi) is 5.51. The van der Waals surface area contributed by atoms with Gasteiger partial charge in [-0.3, -0.25) is 4.79 Å². The number of nitrogens with zero attached hydrogens (tertiary/aromatic N) is 2. The lowest BCUT2D eigenvalue weighted by Crippen LogP contribution is -2.25. The maximum Gasteiger partial charge on any atom is 0.262 e. The average Bonchev–Trinajstić information content (AvgIpc) is 3.23. The van der Waals surface area contributed by atoms with Crippen LogP contribution >= 0.6 is 11.3 Å². The molecule has 0 bridgehead atoms. The van der Waals surface area contributed by atoms with Gasteiger partial charge in [0.05, 0.1) is 18.5 Å². The van der Waals surface area contributed by atoms with Gasteiger partial charge in [-0.1, -0.05) is 31.4 Å². The second kappa shape index (κ2) is 8.59. The van der Waals surface area contributed by atoms with Crippen molar-refractivity contribution < 1.29 is 14.3 Å². The predicted octanol–water partition coefficient (Wildman–Crippen LogP) is 5.29. The van der Waals surface area contributed by atoms with E-state index in [1.54, 1.807) is 18.4 Å². The molecule has 2 aromatic carbocycles. The molecule has 0 saturated heterocycles. The predicted molar refractivity (Wildman–Crippen MR) is 122 cm³/mol. The summed E-state index contributed by atoms with van der Waals surface area (Å²) in [6.45, 7) is 0.0643. The first kappa shape index (κ1) is 19.9. The lowest BCUT2D eigenvalue weighted by Gasteiger charge is -2.26. The number of amides is 1. The highest BCUT2D eigenvalue weighted by atomic mass is 32.1. The van der Waals surface area contributed by atoms with E-state index in [1.807, 2.05) is 36.4 Å². The Hall–Kier alpha value is -3.06. The summed E-state index contributed by atoms with van der Waals surface area (Å²) in [4.78, 5) is 17.7. The molecule has 0 spiro atoms. The number of anilines is 1. The van der Waals surface area contributed by atoms with E-state index in [0.717, 1.165) is 46.0 Å². The van der Waals surface area contributed by atoms with Gasteiger partial charge >= 0.3 is 0 Å². The van der Waals surface area contributed by atoms with Gasteiger partial charge in [-0.15, -0.1) is 11.3 Å². The molecule has 5 rings (SSSR count). The van der Waals surface area contributed by atoms with Crippen LogP contribution in [-0.2, 0) is 4.79 Å². The van der Waals surface area contributed by atoms with Crippen LogP contribution in [0.3, 0.4) is 0 Å². The fourth-order valence-corrected chi connectivity index (χ4v) is 5.35. The lowest BCUT2D eigenvalue weighted by molar-refractivity contribution is -0.118. The van der Waals surface area contributed by atoms with Crippen LogP contribution in [0.1, 0.15) is 38.1 Å². The van der Waals surface area contributed by atoms with E-state index in [9.17, 15) is 4.79 Å². The number of methoxy groups -OCH3 is 1. The Morgan fingerprint density at radius 3 is 2.84 bits per heavy atom. The number of nitrogens with one attached hydrogen (secondary N) is 1. The van der Waals surface area contributed by atoms with Gasteiger partial charge in [0, 0.05) is 17.0 Å². The summed E-state index contributed by atoms with van der Waals surface area (Å²) < 4.78 is 13.4. The molecule has 31 heavy (non-hydrogen) atoms. The van der Waals surface area contributed by atoms with Gasteiger partial charge in [0.1, 0.15) is 17.2 Å². The molecule has 1 fully saturated rings. The monoisotopic (exact) mass is 435 g/mol. The molecule has 160 valence electrons. The van der Waals surface area contributed by atoms with Crippen molar-refractivity contribution in [2.45, 2.75) is 38.1 Å². The van der Waals surface area contributed by atoms with Gasteiger partial charge < -0.3 is 19.4 Å². The maximum absolute atomic E-state index is 11.8. The Morgan fingerprint density at radius 1 is 1.16 bits per heavy atom. The van der Waals surface area contributed by atoms with Gasteiger partial charge in [-0.05, 0) is 43.2 Å². The number of rotatable bonds is 4. The van der Waals surface area contributed by atoms with E-state index in [-0.39, 0.29) is 12.5 Å².